The van der Waals surface area contributed by atoms with Gasteiger partial charge in [0.1, 0.15) is 11.5 Å². The number of aliphatic imine (C=N–C) groups is 1. The summed E-state index contributed by atoms with van der Waals surface area (Å²) in [6.45, 7) is 5.10. The zero-order chi connectivity index (χ0) is 18.0. The van der Waals surface area contributed by atoms with E-state index < -0.39 is 0 Å². The second kappa shape index (κ2) is 7.68. The van der Waals surface area contributed by atoms with E-state index in [-0.39, 0.29) is 5.91 Å². The first-order valence-electron chi connectivity index (χ1n) is 7.84. The normalized spacial score (nSPS) is 17.9. The molecule has 1 fully saturated rings. The molecule has 0 aliphatic carbocycles. The van der Waals surface area contributed by atoms with Gasteiger partial charge in [-0.05, 0) is 55.9 Å². The first kappa shape index (κ1) is 18.1. The molecule has 2 aromatic rings. The van der Waals surface area contributed by atoms with E-state index in [9.17, 15) is 4.79 Å². The van der Waals surface area contributed by atoms with Crippen LogP contribution < -0.4 is 0 Å². The number of benzene rings is 1. The average Bonchev–Trinajstić information content (AvgIpc) is 3.13. The van der Waals surface area contributed by atoms with Crippen LogP contribution in [-0.4, -0.2) is 29.1 Å². The van der Waals surface area contributed by atoms with Crippen molar-refractivity contribution in [2.24, 2.45) is 4.99 Å². The molecule has 1 amide bonds. The summed E-state index contributed by atoms with van der Waals surface area (Å²) in [4.78, 5) is 19.1. The number of amidine groups is 1. The number of nitrogens with zero attached hydrogens (tertiary/aromatic N) is 2. The van der Waals surface area contributed by atoms with Crippen molar-refractivity contribution in [3.8, 4) is 11.3 Å². The summed E-state index contributed by atoms with van der Waals surface area (Å²) in [5.74, 6) is 1.16. The molecule has 130 valence electrons. The summed E-state index contributed by atoms with van der Waals surface area (Å²) in [5, 5.41) is 1.81. The van der Waals surface area contributed by atoms with Gasteiger partial charge in [-0.15, -0.1) is 0 Å². The Morgan fingerprint density at radius 2 is 2.04 bits per heavy atom. The minimum absolute atomic E-state index is 0.0535. The number of carbonyl (C=O) groups excluding carboxylic acids is 1. The fraction of sp³-hybridized carbons (Fsp3) is 0.222. The Labute approximate surface area is 160 Å². The number of carbonyl (C=O) groups is 1. The molecule has 2 heterocycles. The first-order chi connectivity index (χ1) is 12.0. The number of amides is 1. The summed E-state index contributed by atoms with van der Waals surface area (Å²) in [5.41, 5.74) is 0.754. The molecule has 1 aliphatic heterocycles. The van der Waals surface area contributed by atoms with E-state index in [1.807, 2.05) is 26.0 Å². The number of halogens is 2. The number of thioether (sulfide) groups is 1. The standard InChI is InChI=1S/C18H16Cl2N2O2S/c1-3-21-18-22(4-2)17(23)16(25-18)10-12-6-8-15(24-12)13-7-5-11(19)9-14(13)20/h5-10H,3-4H2,1-2H3/b16-10+,21-18?. The summed E-state index contributed by atoms with van der Waals surface area (Å²) in [6.07, 6.45) is 1.74. The monoisotopic (exact) mass is 394 g/mol. The molecule has 7 heteroatoms. The highest BCUT2D eigenvalue weighted by atomic mass is 35.5. The van der Waals surface area contributed by atoms with Crippen molar-refractivity contribution in [3.05, 3.63) is 51.0 Å². The minimum Gasteiger partial charge on any atom is -0.457 e. The highest BCUT2D eigenvalue weighted by molar-refractivity contribution is 8.18. The van der Waals surface area contributed by atoms with Crippen LogP contribution in [0.4, 0.5) is 0 Å². The zero-order valence-corrected chi connectivity index (χ0v) is 16.1. The highest BCUT2D eigenvalue weighted by Gasteiger charge is 2.32. The van der Waals surface area contributed by atoms with Gasteiger partial charge in [-0.1, -0.05) is 23.2 Å². The van der Waals surface area contributed by atoms with Gasteiger partial charge in [-0.3, -0.25) is 14.7 Å². The Bertz CT molecular complexity index is 874. The Kier molecular flexibility index (Phi) is 5.57. The van der Waals surface area contributed by atoms with Gasteiger partial charge in [-0.25, -0.2) is 0 Å². The van der Waals surface area contributed by atoms with E-state index >= 15 is 0 Å². The van der Waals surface area contributed by atoms with Crippen LogP contribution in [0.15, 0.2) is 44.6 Å². The van der Waals surface area contributed by atoms with Gasteiger partial charge in [0.25, 0.3) is 5.91 Å². The zero-order valence-electron chi connectivity index (χ0n) is 13.8. The molecule has 3 rings (SSSR count). The van der Waals surface area contributed by atoms with E-state index in [4.69, 9.17) is 27.6 Å². The van der Waals surface area contributed by atoms with Crippen LogP contribution in [0.1, 0.15) is 19.6 Å². The summed E-state index contributed by atoms with van der Waals surface area (Å²) < 4.78 is 5.84. The number of furan rings is 1. The summed E-state index contributed by atoms with van der Waals surface area (Å²) >= 11 is 13.5. The van der Waals surface area contributed by atoms with Crippen LogP contribution in [0.25, 0.3) is 17.4 Å². The molecule has 1 aromatic carbocycles. The van der Waals surface area contributed by atoms with E-state index in [0.29, 0.717) is 39.6 Å². The molecule has 4 nitrogen and oxygen atoms in total. The SMILES string of the molecule is CCN=C1S/C(=C/c2ccc(-c3ccc(Cl)cc3Cl)o2)C(=O)N1CC. The molecule has 1 aliphatic rings. The number of likely N-dealkylation sites (N-methyl/N-ethyl adjacent to an activating group) is 1. The number of hydrogen-bond acceptors (Lipinski definition) is 4. The fourth-order valence-corrected chi connectivity index (χ4v) is 4.02. The molecule has 0 saturated carbocycles. The molecule has 0 N–H and O–H groups in total. The second-order valence-electron chi connectivity index (χ2n) is 5.24. The lowest BCUT2D eigenvalue weighted by atomic mass is 10.2. The molecular weight excluding hydrogens is 379 g/mol. The third kappa shape index (κ3) is 3.78. The van der Waals surface area contributed by atoms with E-state index in [0.717, 1.165) is 10.7 Å². The molecule has 0 radical (unpaired) electrons. The Balaban J connectivity index is 1.89. The maximum Gasteiger partial charge on any atom is 0.266 e. The van der Waals surface area contributed by atoms with Crippen molar-refractivity contribution in [3.63, 3.8) is 0 Å². The largest absolute Gasteiger partial charge is 0.457 e. The third-order valence-corrected chi connectivity index (χ3v) is 5.19. The van der Waals surface area contributed by atoms with Crippen molar-refractivity contribution < 1.29 is 9.21 Å². The smallest absolute Gasteiger partial charge is 0.266 e. The van der Waals surface area contributed by atoms with E-state index in [1.165, 1.54) is 11.8 Å². The third-order valence-electron chi connectivity index (χ3n) is 3.59. The molecule has 0 unspecified atom stereocenters. The Hall–Kier alpha value is -1.69. The van der Waals surface area contributed by atoms with Crippen molar-refractivity contribution in [1.82, 2.24) is 4.90 Å². The van der Waals surface area contributed by atoms with E-state index in [1.54, 1.807) is 29.2 Å². The van der Waals surface area contributed by atoms with Crippen LogP contribution >= 0.6 is 35.0 Å². The van der Waals surface area contributed by atoms with Crippen LogP contribution in [0.2, 0.25) is 10.0 Å². The Morgan fingerprint density at radius 3 is 2.72 bits per heavy atom. The van der Waals surface area contributed by atoms with Crippen LogP contribution in [0.5, 0.6) is 0 Å². The van der Waals surface area contributed by atoms with Gasteiger partial charge >= 0.3 is 0 Å². The minimum atomic E-state index is -0.0535. The molecule has 0 spiro atoms. The van der Waals surface area contributed by atoms with Crippen molar-refractivity contribution >= 4 is 52.1 Å². The number of rotatable bonds is 4. The fourth-order valence-electron chi connectivity index (χ4n) is 2.43. The van der Waals surface area contributed by atoms with Gasteiger partial charge < -0.3 is 4.42 Å². The van der Waals surface area contributed by atoms with Crippen LogP contribution in [0.3, 0.4) is 0 Å². The predicted molar refractivity (Wildman–Crippen MR) is 105 cm³/mol. The highest BCUT2D eigenvalue weighted by Crippen LogP contribution is 2.35. The van der Waals surface area contributed by atoms with Crippen molar-refractivity contribution in [2.45, 2.75) is 13.8 Å². The maximum atomic E-state index is 12.5. The molecule has 25 heavy (non-hydrogen) atoms. The topological polar surface area (TPSA) is 45.8 Å². The van der Waals surface area contributed by atoms with Crippen molar-refractivity contribution in [1.29, 1.82) is 0 Å². The van der Waals surface area contributed by atoms with Gasteiger partial charge in [0.05, 0.1) is 9.93 Å². The second-order valence-corrected chi connectivity index (χ2v) is 7.10. The number of hydrogen-bond donors (Lipinski definition) is 0. The van der Waals surface area contributed by atoms with Gasteiger partial charge in [-0.2, -0.15) is 0 Å². The molecular formula is C18H16Cl2N2O2S. The summed E-state index contributed by atoms with van der Waals surface area (Å²) in [7, 11) is 0. The lowest BCUT2D eigenvalue weighted by Crippen LogP contribution is -2.28. The lowest BCUT2D eigenvalue weighted by molar-refractivity contribution is -0.122. The molecule has 0 bridgehead atoms. The Morgan fingerprint density at radius 1 is 1.24 bits per heavy atom. The molecule has 0 atom stereocenters. The van der Waals surface area contributed by atoms with Gasteiger partial charge in [0, 0.05) is 29.8 Å². The molecule has 1 saturated heterocycles. The van der Waals surface area contributed by atoms with Gasteiger partial charge in [0.2, 0.25) is 0 Å². The maximum absolute atomic E-state index is 12.5. The predicted octanol–water partition coefficient (Wildman–Crippen LogP) is 5.57. The van der Waals surface area contributed by atoms with Crippen LogP contribution in [0, 0.1) is 0 Å². The quantitative estimate of drug-likeness (QED) is 0.637. The first-order valence-corrected chi connectivity index (χ1v) is 9.41. The average molecular weight is 395 g/mol. The van der Waals surface area contributed by atoms with Crippen molar-refractivity contribution in [2.75, 3.05) is 13.1 Å². The molecule has 1 aromatic heterocycles. The van der Waals surface area contributed by atoms with Crippen LogP contribution in [-0.2, 0) is 4.79 Å². The van der Waals surface area contributed by atoms with E-state index in [2.05, 4.69) is 4.99 Å². The van der Waals surface area contributed by atoms with Gasteiger partial charge in [0.15, 0.2) is 5.17 Å². The lowest BCUT2D eigenvalue weighted by Gasteiger charge is -2.11. The summed E-state index contributed by atoms with van der Waals surface area (Å²) in [6, 6.07) is 8.87.